The van der Waals surface area contributed by atoms with E-state index in [0.29, 0.717) is 6.54 Å². The van der Waals surface area contributed by atoms with Crippen LogP contribution in [0.2, 0.25) is 0 Å². The van der Waals surface area contributed by atoms with Crippen LogP contribution in [0.25, 0.3) is 0 Å². The third-order valence-electron chi connectivity index (χ3n) is 2.73. The van der Waals surface area contributed by atoms with E-state index in [-0.39, 0.29) is 5.56 Å². The molecule has 0 bridgehead atoms. The summed E-state index contributed by atoms with van der Waals surface area (Å²) >= 11 is 0. The summed E-state index contributed by atoms with van der Waals surface area (Å²) in [6.07, 6.45) is 4.31. The SMILES string of the molecule is CCc1nccn1Cc1ccc(F)c(C(=O)O)c1. The van der Waals surface area contributed by atoms with Gasteiger partial charge in [-0.05, 0) is 17.7 Å². The zero-order valence-corrected chi connectivity index (χ0v) is 9.93. The first kappa shape index (κ1) is 12.3. The van der Waals surface area contributed by atoms with Gasteiger partial charge in [0.15, 0.2) is 0 Å². The molecule has 2 rings (SSSR count). The quantitative estimate of drug-likeness (QED) is 0.903. The number of nitrogens with zero attached hydrogens (tertiary/aromatic N) is 2. The average molecular weight is 248 g/mol. The molecule has 1 heterocycles. The fraction of sp³-hybridized carbons (Fsp3) is 0.231. The molecule has 0 amide bonds. The molecule has 1 N–H and O–H groups in total. The van der Waals surface area contributed by atoms with Crippen LogP contribution >= 0.6 is 0 Å². The first-order valence-corrected chi connectivity index (χ1v) is 5.63. The first-order valence-electron chi connectivity index (χ1n) is 5.63. The van der Waals surface area contributed by atoms with Crippen LogP contribution in [0.4, 0.5) is 4.39 Å². The van der Waals surface area contributed by atoms with Crippen molar-refractivity contribution in [1.29, 1.82) is 0 Å². The lowest BCUT2D eigenvalue weighted by molar-refractivity contribution is 0.0691. The number of imidazole rings is 1. The van der Waals surface area contributed by atoms with Crippen LogP contribution in [0.5, 0.6) is 0 Å². The van der Waals surface area contributed by atoms with Crippen LogP contribution in [0.15, 0.2) is 30.6 Å². The molecular weight excluding hydrogens is 235 g/mol. The largest absolute Gasteiger partial charge is 0.478 e. The van der Waals surface area contributed by atoms with E-state index in [0.717, 1.165) is 17.8 Å². The highest BCUT2D eigenvalue weighted by Crippen LogP contribution is 2.13. The topological polar surface area (TPSA) is 55.1 Å². The van der Waals surface area contributed by atoms with Gasteiger partial charge in [0.25, 0.3) is 0 Å². The fourth-order valence-corrected chi connectivity index (χ4v) is 1.83. The summed E-state index contributed by atoms with van der Waals surface area (Å²) in [5.74, 6) is -1.06. The summed E-state index contributed by atoms with van der Waals surface area (Å²) in [5.41, 5.74) is 0.437. The van der Waals surface area contributed by atoms with Crippen LogP contribution in [0.1, 0.15) is 28.7 Å². The maximum atomic E-state index is 13.2. The van der Waals surface area contributed by atoms with Gasteiger partial charge >= 0.3 is 5.97 Å². The Balaban J connectivity index is 2.30. The first-order chi connectivity index (χ1) is 8.61. The molecule has 18 heavy (non-hydrogen) atoms. The van der Waals surface area contributed by atoms with Crippen molar-refractivity contribution in [3.63, 3.8) is 0 Å². The Morgan fingerprint density at radius 3 is 2.94 bits per heavy atom. The Morgan fingerprint density at radius 2 is 2.28 bits per heavy atom. The lowest BCUT2D eigenvalue weighted by Crippen LogP contribution is -2.06. The maximum Gasteiger partial charge on any atom is 0.338 e. The Hall–Kier alpha value is -2.17. The van der Waals surface area contributed by atoms with Crippen molar-refractivity contribution in [2.75, 3.05) is 0 Å². The van der Waals surface area contributed by atoms with Crippen molar-refractivity contribution in [3.8, 4) is 0 Å². The summed E-state index contributed by atoms with van der Waals surface area (Å²) in [4.78, 5) is 15.0. The van der Waals surface area contributed by atoms with E-state index in [1.807, 2.05) is 17.7 Å². The molecule has 0 spiro atoms. The van der Waals surface area contributed by atoms with Crippen molar-refractivity contribution in [2.45, 2.75) is 19.9 Å². The lowest BCUT2D eigenvalue weighted by atomic mass is 10.1. The summed E-state index contributed by atoms with van der Waals surface area (Å²) in [7, 11) is 0. The minimum absolute atomic E-state index is 0.300. The minimum Gasteiger partial charge on any atom is -0.478 e. The number of hydrogen-bond donors (Lipinski definition) is 1. The second-order valence-corrected chi connectivity index (χ2v) is 3.94. The molecule has 0 atom stereocenters. The molecular formula is C13H13FN2O2. The van der Waals surface area contributed by atoms with E-state index < -0.39 is 11.8 Å². The Morgan fingerprint density at radius 1 is 1.50 bits per heavy atom. The standard InChI is InChI=1S/C13H13FN2O2/c1-2-12-15-5-6-16(12)8-9-3-4-11(14)10(7-9)13(17)18/h3-7H,2,8H2,1H3,(H,17,18). The Labute approximate surface area is 104 Å². The lowest BCUT2D eigenvalue weighted by Gasteiger charge is -2.07. The number of aromatic nitrogens is 2. The number of aromatic carboxylic acids is 1. The minimum atomic E-state index is -1.25. The van der Waals surface area contributed by atoms with Crippen molar-refractivity contribution < 1.29 is 14.3 Å². The highest BCUT2D eigenvalue weighted by atomic mass is 19.1. The second kappa shape index (κ2) is 5.00. The number of carbonyl (C=O) groups is 1. The van der Waals surface area contributed by atoms with Crippen LogP contribution in [0, 0.1) is 5.82 Å². The third kappa shape index (κ3) is 2.40. The van der Waals surface area contributed by atoms with Gasteiger partial charge < -0.3 is 9.67 Å². The summed E-state index contributed by atoms with van der Waals surface area (Å²) in [6, 6.07) is 4.12. The van der Waals surface area contributed by atoms with Crippen molar-refractivity contribution >= 4 is 5.97 Å². The Bertz CT molecular complexity index is 578. The predicted molar refractivity (Wildman–Crippen MR) is 64.1 cm³/mol. The molecule has 2 aromatic rings. The number of carboxylic acid groups (broad SMARTS) is 1. The summed E-state index contributed by atoms with van der Waals surface area (Å²) < 4.78 is 15.2. The molecule has 0 fully saturated rings. The zero-order valence-electron chi connectivity index (χ0n) is 9.93. The van der Waals surface area contributed by atoms with E-state index in [1.54, 1.807) is 12.3 Å². The molecule has 0 unspecified atom stereocenters. The number of benzene rings is 1. The second-order valence-electron chi connectivity index (χ2n) is 3.94. The van der Waals surface area contributed by atoms with Crippen LogP contribution in [0.3, 0.4) is 0 Å². The van der Waals surface area contributed by atoms with Gasteiger partial charge in [-0.3, -0.25) is 0 Å². The highest BCUT2D eigenvalue weighted by Gasteiger charge is 2.11. The molecule has 1 aromatic carbocycles. The number of rotatable bonds is 4. The molecule has 5 heteroatoms. The number of hydrogen-bond acceptors (Lipinski definition) is 2. The average Bonchev–Trinajstić information content (AvgIpc) is 2.78. The molecule has 0 saturated carbocycles. The van der Waals surface area contributed by atoms with Gasteiger partial charge in [-0.2, -0.15) is 0 Å². The van der Waals surface area contributed by atoms with Crippen LogP contribution < -0.4 is 0 Å². The maximum absolute atomic E-state index is 13.2. The van der Waals surface area contributed by atoms with Crippen LogP contribution in [-0.4, -0.2) is 20.6 Å². The van der Waals surface area contributed by atoms with E-state index in [2.05, 4.69) is 4.98 Å². The third-order valence-corrected chi connectivity index (χ3v) is 2.73. The van der Waals surface area contributed by atoms with Gasteiger partial charge in [0.05, 0.1) is 5.56 Å². The molecule has 0 aliphatic rings. The Kier molecular flexibility index (Phi) is 3.41. The molecule has 0 aliphatic heterocycles. The van der Waals surface area contributed by atoms with Gasteiger partial charge in [0.1, 0.15) is 11.6 Å². The zero-order chi connectivity index (χ0) is 13.1. The molecule has 0 radical (unpaired) electrons. The molecule has 1 aromatic heterocycles. The van der Waals surface area contributed by atoms with Gasteiger partial charge in [-0.1, -0.05) is 13.0 Å². The molecule has 4 nitrogen and oxygen atoms in total. The van der Waals surface area contributed by atoms with Crippen molar-refractivity contribution in [3.05, 3.63) is 53.4 Å². The van der Waals surface area contributed by atoms with Crippen molar-refractivity contribution in [1.82, 2.24) is 9.55 Å². The van der Waals surface area contributed by atoms with E-state index >= 15 is 0 Å². The van der Waals surface area contributed by atoms with E-state index in [4.69, 9.17) is 5.11 Å². The van der Waals surface area contributed by atoms with E-state index in [9.17, 15) is 9.18 Å². The smallest absolute Gasteiger partial charge is 0.338 e. The van der Waals surface area contributed by atoms with Gasteiger partial charge in [-0.25, -0.2) is 14.2 Å². The van der Waals surface area contributed by atoms with Crippen molar-refractivity contribution in [2.24, 2.45) is 0 Å². The normalized spacial score (nSPS) is 10.6. The number of carboxylic acids is 1. The van der Waals surface area contributed by atoms with Gasteiger partial charge in [0, 0.05) is 25.4 Å². The highest BCUT2D eigenvalue weighted by molar-refractivity contribution is 5.88. The van der Waals surface area contributed by atoms with Gasteiger partial charge in [0.2, 0.25) is 0 Å². The predicted octanol–water partition coefficient (Wildman–Crippen LogP) is 2.33. The monoisotopic (exact) mass is 248 g/mol. The molecule has 0 saturated heterocycles. The van der Waals surface area contributed by atoms with E-state index in [1.165, 1.54) is 12.1 Å². The van der Waals surface area contributed by atoms with Gasteiger partial charge in [-0.15, -0.1) is 0 Å². The summed E-state index contributed by atoms with van der Waals surface area (Å²) in [6.45, 7) is 2.48. The van der Waals surface area contributed by atoms with Crippen LogP contribution in [-0.2, 0) is 13.0 Å². The molecule has 94 valence electrons. The molecule has 0 aliphatic carbocycles. The summed E-state index contributed by atoms with van der Waals surface area (Å²) in [5, 5.41) is 8.86. The number of halogens is 1. The fourth-order valence-electron chi connectivity index (χ4n) is 1.83. The number of aryl methyl sites for hydroxylation is 1.